The van der Waals surface area contributed by atoms with Gasteiger partial charge in [-0.05, 0) is 37.3 Å². The number of benzene rings is 2. The second-order valence-corrected chi connectivity index (χ2v) is 11.2. The van der Waals surface area contributed by atoms with Crippen LogP contribution in [0.1, 0.15) is 23.0 Å². The van der Waals surface area contributed by atoms with Gasteiger partial charge >= 0.3 is 5.97 Å². The van der Waals surface area contributed by atoms with Crippen molar-refractivity contribution in [1.29, 1.82) is 0 Å². The molecule has 3 aromatic heterocycles. The first kappa shape index (κ1) is 28.3. The van der Waals surface area contributed by atoms with E-state index in [0.717, 1.165) is 15.2 Å². The number of carbonyl (C=O) groups is 1. The number of ether oxygens (including phenoxy) is 2. The van der Waals surface area contributed by atoms with Crippen molar-refractivity contribution in [1.82, 2.24) is 34.7 Å². The smallest absolute Gasteiger partial charge is 0.329 e. The van der Waals surface area contributed by atoms with Gasteiger partial charge in [0.05, 0.1) is 38.7 Å². The molecule has 3 N–H and O–H groups in total. The molecule has 0 bridgehead atoms. The number of rotatable bonds is 8. The van der Waals surface area contributed by atoms with E-state index in [2.05, 4.69) is 25.4 Å². The molecule has 4 heterocycles. The summed E-state index contributed by atoms with van der Waals surface area (Å²) in [6.07, 6.45) is -2.08. The summed E-state index contributed by atoms with van der Waals surface area (Å²) in [5.74, 6) is -1.67. The zero-order valence-corrected chi connectivity index (χ0v) is 23.4. The fourth-order valence-electron chi connectivity index (χ4n) is 4.97. The molecule has 6 rings (SSSR count). The molecule has 0 aliphatic carbocycles. The highest BCUT2D eigenvalue weighted by Crippen LogP contribution is 2.40. The molecule has 0 saturated carbocycles. The van der Waals surface area contributed by atoms with Crippen LogP contribution in [0.3, 0.4) is 0 Å². The summed E-state index contributed by atoms with van der Waals surface area (Å²) in [4.78, 5) is 20.4. The number of nitrogens with zero attached hydrogens (tertiary/aromatic N) is 7. The van der Waals surface area contributed by atoms with E-state index in [1.54, 1.807) is 12.1 Å². The minimum absolute atomic E-state index is 0.0597. The van der Waals surface area contributed by atoms with Gasteiger partial charge in [0, 0.05) is 5.56 Å². The van der Waals surface area contributed by atoms with Crippen LogP contribution in [0.25, 0.3) is 27.2 Å². The van der Waals surface area contributed by atoms with Gasteiger partial charge in [0.1, 0.15) is 54.9 Å². The molecular formula is C26H23ClFN7O6S. The van der Waals surface area contributed by atoms with Crippen LogP contribution in [0.4, 0.5) is 4.39 Å². The molecule has 5 atom stereocenters. The van der Waals surface area contributed by atoms with Crippen LogP contribution in [-0.4, -0.2) is 87.6 Å². The van der Waals surface area contributed by atoms with Crippen LogP contribution in [0, 0.1) is 12.7 Å². The number of aromatic nitrogens is 7. The van der Waals surface area contributed by atoms with Crippen molar-refractivity contribution in [2.45, 2.75) is 37.4 Å². The standard InChI is InChI=1S/C26H23ClFN7O6S/c1-12-31-17-5-3-14(7-20(17)42-12)35-26(29-11-30-35)25-24(40-10-21(37)38)22(23(39)19(9-36)41-25)34-8-18(32-33-34)13-2-4-15(27)16(28)6-13/h2-8,11,19,22-25,36,39H,9-10H2,1H3,(H,37,38)/t19-,22+,23+,24-,25-/m1/s1. The van der Waals surface area contributed by atoms with E-state index in [0.29, 0.717) is 11.3 Å². The fourth-order valence-corrected chi connectivity index (χ4v) is 5.95. The van der Waals surface area contributed by atoms with Gasteiger partial charge in [-0.25, -0.2) is 28.5 Å². The van der Waals surface area contributed by atoms with Gasteiger partial charge in [0.2, 0.25) is 0 Å². The molecule has 0 amide bonds. The Labute approximate surface area is 245 Å². The third-order valence-electron chi connectivity index (χ3n) is 6.85. The Bertz CT molecular complexity index is 1760. The molecule has 5 aromatic rings. The van der Waals surface area contributed by atoms with Gasteiger partial charge in [-0.2, -0.15) is 5.10 Å². The van der Waals surface area contributed by atoms with Crippen LogP contribution in [-0.2, 0) is 14.3 Å². The Morgan fingerprint density at radius 2 is 2.10 bits per heavy atom. The summed E-state index contributed by atoms with van der Waals surface area (Å²) in [5.41, 5.74) is 2.09. The summed E-state index contributed by atoms with van der Waals surface area (Å²) in [6, 6.07) is 8.57. The van der Waals surface area contributed by atoms with Crippen LogP contribution in [0.5, 0.6) is 0 Å². The molecule has 16 heteroatoms. The fraction of sp³-hybridized carbons (Fsp3) is 0.308. The number of aliphatic hydroxyl groups is 2. The van der Waals surface area contributed by atoms with Crippen molar-refractivity contribution in [3.8, 4) is 16.9 Å². The van der Waals surface area contributed by atoms with Crippen molar-refractivity contribution in [3.63, 3.8) is 0 Å². The lowest BCUT2D eigenvalue weighted by Crippen LogP contribution is -2.54. The predicted molar refractivity (Wildman–Crippen MR) is 147 cm³/mol. The normalized spacial score (nSPS) is 22.5. The molecule has 1 fully saturated rings. The molecule has 0 spiro atoms. The average Bonchev–Trinajstić information content (AvgIpc) is 3.72. The van der Waals surface area contributed by atoms with Gasteiger partial charge in [-0.15, -0.1) is 16.4 Å². The molecule has 1 aliphatic rings. The van der Waals surface area contributed by atoms with Crippen molar-refractivity contribution >= 4 is 39.1 Å². The van der Waals surface area contributed by atoms with Crippen LogP contribution in [0.2, 0.25) is 5.02 Å². The number of fused-ring (bicyclic) bond motifs is 1. The predicted octanol–water partition coefficient (Wildman–Crippen LogP) is 2.74. The first-order valence-corrected chi connectivity index (χ1v) is 13.9. The number of hydrogen-bond donors (Lipinski definition) is 3. The Morgan fingerprint density at radius 3 is 2.86 bits per heavy atom. The molecule has 218 valence electrons. The van der Waals surface area contributed by atoms with Gasteiger partial charge in [-0.3, -0.25) is 0 Å². The zero-order valence-electron chi connectivity index (χ0n) is 21.8. The minimum atomic E-state index is -1.41. The molecular weight excluding hydrogens is 593 g/mol. The molecule has 1 saturated heterocycles. The third-order valence-corrected chi connectivity index (χ3v) is 8.09. The quantitative estimate of drug-likeness (QED) is 0.234. The monoisotopic (exact) mass is 615 g/mol. The second-order valence-electron chi connectivity index (χ2n) is 9.56. The van der Waals surface area contributed by atoms with E-state index < -0.39 is 55.5 Å². The molecule has 0 radical (unpaired) electrons. The van der Waals surface area contributed by atoms with Gasteiger partial charge in [-0.1, -0.05) is 22.9 Å². The minimum Gasteiger partial charge on any atom is -0.480 e. The van der Waals surface area contributed by atoms with Crippen molar-refractivity contribution in [2.24, 2.45) is 0 Å². The molecule has 1 aliphatic heterocycles. The summed E-state index contributed by atoms with van der Waals surface area (Å²) in [6.45, 7) is 0.594. The maximum absolute atomic E-state index is 14.1. The van der Waals surface area contributed by atoms with E-state index >= 15 is 0 Å². The molecule has 0 unspecified atom stereocenters. The molecule has 13 nitrogen and oxygen atoms in total. The van der Waals surface area contributed by atoms with Crippen molar-refractivity contribution in [3.05, 3.63) is 70.6 Å². The van der Waals surface area contributed by atoms with Crippen molar-refractivity contribution in [2.75, 3.05) is 13.2 Å². The number of aryl methyl sites for hydroxylation is 1. The SMILES string of the molecule is Cc1nc2ccc(-n3ncnc3[C@@H]3O[C@H](CO)[C@H](O)[C@H](n4cc(-c5ccc(Cl)c(F)c5)nn4)[C@H]3OCC(=O)O)cc2s1. The number of halogens is 2. The Hall–Kier alpha value is -3.86. The summed E-state index contributed by atoms with van der Waals surface area (Å²) in [5, 5.41) is 44.3. The van der Waals surface area contributed by atoms with Crippen molar-refractivity contribution < 1.29 is 34.0 Å². The first-order chi connectivity index (χ1) is 20.2. The third kappa shape index (κ3) is 5.26. The van der Waals surface area contributed by atoms with E-state index in [1.807, 2.05) is 19.1 Å². The lowest BCUT2D eigenvalue weighted by atomic mass is 9.91. The Kier molecular flexibility index (Phi) is 7.69. The summed E-state index contributed by atoms with van der Waals surface area (Å²) < 4.78 is 29.7. The highest BCUT2D eigenvalue weighted by molar-refractivity contribution is 7.18. The number of carboxylic acid groups (broad SMARTS) is 1. The lowest BCUT2D eigenvalue weighted by molar-refractivity contribution is -0.225. The second kappa shape index (κ2) is 11.4. The van der Waals surface area contributed by atoms with E-state index in [9.17, 15) is 24.5 Å². The van der Waals surface area contributed by atoms with E-state index in [1.165, 1.54) is 45.4 Å². The van der Waals surface area contributed by atoms with Crippen LogP contribution < -0.4 is 0 Å². The number of carboxylic acids is 1. The highest BCUT2D eigenvalue weighted by Gasteiger charge is 2.50. The Balaban J connectivity index is 1.42. The van der Waals surface area contributed by atoms with Crippen LogP contribution in [0.15, 0.2) is 48.9 Å². The maximum atomic E-state index is 14.1. The average molecular weight is 616 g/mol. The maximum Gasteiger partial charge on any atom is 0.329 e. The number of aliphatic hydroxyl groups excluding tert-OH is 2. The lowest BCUT2D eigenvalue weighted by Gasteiger charge is -2.43. The van der Waals surface area contributed by atoms with Gasteiger partial charge < -0.3 is 24.8 Å². The Morgan fingerprint density at radius 1 is 1.26 bits per heavy atom. The number of aliphatic carboxylic acids is 1. The number of hydrogen-bond acceptors (Lipinski definition) is 11. The number of thiazole rings is 1. The largest absolute Gasteiger partial charge is 0.480 e. The summed E-state index contributed by atoms with van der Waals surface area (Å²) in [7, 11) is 0. The van der Waals surface area contributed by atoms with E-state index in [-0.39, 0.29) is 16.5 Å². The van der Waals surface area contributed by atoms with Gasteiger partial charge in [0.25, 0.3) is 0 Å². The van der Waals surface area contributed by atoms with Crippen LogP contribution >= 0.6 is 22.9 Å². The zero-order chi connectivity index (χ0) is 29.5. The summed E-state index contributed by atoms with van der Waals surface area (Å²) >= 11 is 7.32. The molecule has 2 aromatic carbocycles. The molecule has 42 heavy (non-hydrogen) atoms. The highest BCUT2D eigenvalue weighted by atomic mass is 35.5. The van der Waals surface area contributed by atoms with Gasteiger partial charge in [0.15, 0.2) is 5.82 Å². The topological polar surface area (TPSA) is 171 Å². The van der Waals surface area contributed by atoms with E-state index in [4.69, 9.17) is 21.1 Å². The first-order valence-electron chi connectivity index (χ1n) is 12.7.